The van der Waals surface area contributed by atoms with Crippen LogP contribution in [0.4, 0.5) is 17.3 Å². The third kappa shape index (κ3) is 2.90. The lowest BCUT2D eigenvalue weighted by molar-refractivity contribution is -0.384. The maximum absolute atomic E-state index is 12.0. The second-order valence-electron chi connectivity index (χ2n) is 4.89. The quantitative estimate of drug-likeness (QED) is 0.493. The van der Waals surface area contributed by atoms with Crippen molar-refractivity contribution < 1.29 is 14.8 Å². The first-order valence-corrected chi connectivity index (χ1v) is 6.73. The van der Waals surface area contributed by atoms with Crippen LogP contribution >= 0.6 is 0 Å². The van der Waals surface area contributed by atoms with Gasteiger partial charge in [-0.15, -0.1) is 0 Å². The fraction of sp³-hybridized carbons (Fsp3) is 0. The Morgan fingerprint density at radius 1 is 1.21 bits per heavy atom. The second kappa shape index (κ2) is 5.80. The molecule has 0 atom stereocenters. The number of fused-ring (bicyclic) bond motifs is 1. The van der Waals surface area contributed by atoms with Gasteiger partial charge >= 0.3 is 5.97 Å². The van der Waals surface area contributed by atoms with Crippen molar-refractivity contribution >= 4 is 34.2 Å². The van der Waals surface area contributed by atoms with Crippen molar-refractivity contribution in [3.8, 4) is 0 Å². The minimum atomic E-state index is -1.04. The van der Waals surface area contributed by atoms with Crippen LogP contribution < -0.4 is 10.9 Å². The van der Waals surface area contributed by atoms with Crippen LogP contribution in [0.1, 0.15) is 10.4 Å². The molecule has 0 bridgehead atoms. The minimum Gasteiger partial charge on any atom is -0.478 e. The van der Waals surface area contributed by atoms with Crippen LogP contribution in [0, 0.1) is 10.1 Å². The Labute approximate surface area is 133 Å². The number of carboxylic acid groups (broad SMARTS) is 1. The van der Waals surface area contributed by atoms with Gasteiger partial charge in [0.05, 0.1) is 21.4 Å². The zero-order valence-corrected chi connectivity index (χ0v) is 12.0. The molecule has 1 heterocycles. The fourth-order valence-electron chi connectivity index (χ4n) is 2.14. The molecule has 9 heteroatoms. The molecule has 24 heavy (non-hydrogen) atoms. The first-order valence-electron chi connectivity index (χ1n) is 6.73. The predicted molar refractivity (Wildman–Crippen MR) is 85.7 cm³/mol. The number of rotatable bonds is 4. The zero-order chi connectivity index (χ0) is 17.3. The van der Waals surface area contributed by atoms with E-state index in [1.807, 2.05) is 0 Å². The molecule has 2 aromatic carbocycles. The third-order valence-electron chi connectivity index (χ3n) is 3.31. The van der Waals surface area contributed by atoms with Crippen molar-refractivity contribution in [2.75, 3.05) is 5.32 Å². The highest BCUT2D eigenvalue weighted by Gasteiger charge is 2.11. The Morgan fingerprint density at radius 3 is 2.54 bits per heavy atom. The van der Waals surface area contributed by atoms with E-state index in [1.54, 1.807) is 0 Å². The SMILES string of the molecule is O=C(O)c1ccc(Nc2nc(=O)c3cc([N+](=O)[O-])ccc3[nH]2)cc1. The Balaban J connectivity index is 1.95. The van der Waals surface area contributed by atoms with Crippen molar-refractivity contribution in [2.24, 2.45) is 0 Å². The summed E-state index contributed by atoms with van der Waals surface area (Å²) in [5, 5.41) is 22.6. The molecular formula is C15H10N4O5. The smallest absolute Gasteiger partial charge is 0.335 e. The molecule has 0 spiro atoms. The molecule has 1 aromatic heterocycles. The van der Waals surface area contributed by atoms with Crippen molar-refractivity contribution in [3.63, 3.8) is 0 Å². The summed E-state index contributed by atoms with van der Waals surface area (Å²) in [5.74, 6) is -0.898. The van der Waals surface area contributed by atoms with E-state index in [4.69, 9.17) is 5.11 Å². The van der Waals surface area contributed by atoms with E-state index in [2.05, 4.69) is 15.3 Å². The highest BCUT2D eigenvalue weighted by molar-refractivity contribution is 5.88. The van der Waals surface area contributed by atoms with Gasteiger partial charge in [-0.3, -0.25) is 14.9 Å². The van der Waals surface area contributed by atoms with Gasteiger partial charge in [-0.1, -0.05) is 0 Å². The summed E-state index contributed by atoms with van der Waals surface area (Å²) in [7, 11) is 0. The van der Waals surface area contributed by atoms with Gasteiger partial charge in [0.15, 0.2) is 0 Å². The lowest BCUT2D eigenvalue weighted by atomic mass is 10.2. The highest BCUT2D eigenvalue weighted by atomic mass is 16.6. The summed E-state index contributed by atoms with van der Waals surface area (Å²) in [5.41, 5.74) is 0.249. The van der Waals surface area contributed by atoms with Crippen LogP contribution in [0.5, 0.6) is 0 Å². The number of carboxylic acids is 1. The molecule has 3 N–H and O–H groups in total. The van der Waals surface area contributed by atoms with Gasteiger partial charge in [0, 0.05) is 17.8 Å². The molecule has 3 rings (SSSR count). The summed E-state index contributed by atoms with van der Waals surface area (Å²) in [6.45, 7) is 0. The number of hydrogen-bond acceptors (Lipinski definition) is 6. The molecule has 3 aromatic rings. The number of aromatic amines is 1. The highest BCUT2D eigenvalue weighted by Crippen LogP contribution is 2.19. The average molecular weight is 326 g/mol. The van der Waals surface area contributed by atoms with Crippen molar-refractivity contribution in [1.29, 1.82) is 0 Å². The van der Waals surface area contributed by atoms with Crippen LogP contribution in [0.3, 0.4) is 0 Å². The number of hydrogen-bond donors (Lipinski definition) is 3. The predicted octanol–water partition coefficient (Wildman–Crippen LogP) is 2.27. The number of benzene rings is 2. The molecule has 120 valence electrons. The number of anilines is 2. The Kier molecular flexibility index (Phi) is 3.66. The molecule has 0 aliphatic rings. The van der Waals surface area contributed by atoms with Crippen LogP contribution in [-0.2, 0) is 0 Å². The summed E-state index contributed by atoms with van der Waals surface area (Å²) in [4.78, 5) is 39.7. The van der Waals surface area contributed by atoms with Crippen LogP contribution in [0.15, 0.2) is 47.3 Å². The van der Waals surface area contributed by atoms with Gasteiger partial charge < -0.3 is 15.4 Å². The number of H-pyrrole nitrogens is 1. The number of aromatic nitrogens is 2. The molecule has 0 radical (unpaired) electrons. The van der Waals surface area contributed by atoms with E-state index in [1.165, 1.54) is 36.4 Å². The van der Waals surface area contributed by atoms with Crippen molar-refractivity contribution in [2.45, 2.75) is 0 Å². The summed E-state index contributed by atoms with van der Waals surface area (Å²) in [6, 6.07) is 9.75. The Morgan fingerprint density at radius 2 is 1.92 bits per heavy atom. The van der Waals surface area contributed by atoms with Gasteiger partial charge in [0.2, 0.25) is 5.95 Å². The van der Waals surface area contributed by atoms with Gasteiger partial charge in [-0.05, 0) is 30.3 Å². The monoisotopic (exact) mass is 326 g/mol. The summed E-state index contributed by atoms with van der Waals surface area (Å²) >= 11 is 0. The van der Waals surface area contributed by atoms with Crippen LogP contribution in [0.2, 0.25) is 0 Å². The van der Waals surface area contributed by atoms with E-state index in [-0.39, 0.29) is 22.6 Å². The molecule has 0 unspecified atom stereocenters. The van der Waals surface area contributed by atoms with Crippen LogP contribution in [-0.4, -0.2) is 26.0 Å². The summed E-state index contributed by atoms with van der Waals surface area (Å²) < 4.78 is 0. The first-order chi connectivity index (χ1) is 11.4. The van der Waals surface area contributed by atoms with Gasteiger partial charge in [0.1, 0.15) is 0 Å². The third-order valence-corrected chi connectivity index (χ3v) is 3.31. The van der Waals surface area contributed by atoms with E-state index in [9.17, 15) is 19.7 Å². The van der Waals surface area contributed by atoms with Gasteiger partial charge in [-0.2, -0.15) is 4.98 Å². The number of aromatic carboxylic acids is 1. The maximum Gasteiger partial charge on any atom is 0.335 e. The van der Waals surface area contributed by atoms with E-state index in [0.29, 0.717) is 11.2 Å². The molecule has 0 aliphatic heterocycles. The second-order valence-corrected chi connectivity index (χ2v) is 4.89. The van der Waals surface area contributed by atoms with Crippen LogP contribution in [0.25, 0.3) is 10.9 Å². The van der Waals surface area contributed by atoms with E-state index < -0.39 is 16.5 Å². The van der Waals surface area contributed by atoms with Crippen molar-refractivity contribution in [3.05, 3.63) is 68.5 Å². The zero-order valence-electron chi connectivity index (χ0n) is 12.0. The normalized spacial score (nSPS) is 10.5. The lowest BCUT2D eigenvalue weighted by Crippen LogP contribution is -2.11. The number of nitrogens with one attached hydrogen (secondary N) is 2. The lowest BCUT2D eigenvalue weighted by Gasteiger charge is -2.07. The summed E-state index contributed by atoms with van der Waals surface area (Å²) in [6.07, 6.45) is 0. The molecular weight excluding hydrogens is 316 g/mol. The maximum atomic E-state index is 12.0. The minimum absolute atomic E-state index is 0.107. The number of non-ortho nitro benzene ring substituents is 1. The Bertz CT molecular complexity index is 1010. The number of carbonyl (C=O) groups is 1. The molecule has 0 saturated carbocycles. The molecule has 0 saturated heterocycles. The number of nitro groups is 1. The van der Waals surface area contributed by atoms with E-state index >= 15 is 0 Å². The van der Waals surface area contributed by atoms with Gasteiger partial charge in [-0.25, -0.2) is 4.79 Å². The Hall–Kier alpha value is -3.75. The number of nitro benzene ring substituents is 1. The molecule has 0 fully saturated rings. The topological polar surface area (TPSA) is 138 Å². The molecule has 0 aliphatic carbocycles. The fourth-order valence-corrected chi connectivity index (χ4v) is 2.14. The molecule has 0 amide bonds. The molecule has 9 nitrogen and oxygen atoms in total. The average Bonchev–Trinajstić information content (AvgIpc) is 2.55. The largest absolute Gasteiger partial charge is 0.478 e. The van der Waals surface area contributed by atoms with Gasteiger partial charge in [0.25, 0.3) is 11.2 Å². The first kappa shape index (κ1) is 15.2. The number of nitrogens with zero attached hydrogens (tertiary/aromatic N) is 2. The van der Waals surface area contributed by atoms with E-state index in [0.717, 1.165) is 6.07 Å². The van der Waals surface area contributed by atoms with Crippen molar-refractivity contribution in [1.82, 2.24) is 9.97 Å². The standard InChI is InChI=1S/C15H10N4O5/c20-13-11-7-10(19(23)24)5-6-12(11)17-15(18-13)16-9-3-1-8(2-4-9)14(21)22/h1-7H,(H,21,22)(H2,16,17,18,20).